The van der Waals surface area contributed by atoms with Crippen molar-refractivity contribution >= 4 is 17.6 Å². The molecule has 1 saturated heterocycles. The lowest BCUT2D eigenvalue weighted by molar-refractivity contribution is -0.128. The molecule has 0 radical (unpaired) electrons. The van der Waals surface area contributed by atoms with E-state index in [0.717, 1.165) is 5.56 Å². The number of morpholine rings is 1. The minimum Gasteiger partial charge on any atom is -0.465 e. The van der Waals surface area contributed by atoms with E-state index in [4.69, 9.17) is 9.15 Å². The predicted molar refractivity (Wildman–Crippen MR) is 80.4 cm³/mol. The molecule has 4 heteroatoms. The molecule has 0 spiro atoms. The van der Waals surface area contributed by atoms with Gasteiger partial charge in [-0.3, -0.25) is 4.79 Å². The summed E-state index contributed by atoms with van der Waals surface area (Å²) in [7, 11) is 0. The molecule has 0 atom stereocenters. The Morgan fingerprint density at radius 2 is 1.81 bits per heavy atom. The molecule has 1 aromatic heterocycles. The number of carbonyl (C=O) groups is 1. The first-order chi connectivity index (χ1) is 10.3. The molecule has 1 amide bonds. The molecule has 1 aliphatic heterocycles. The summed E-state index contributed by atoms with van der Waals surface area (Å²) in [6, 6.07) is 13.3. The fourth-order valence-corrected chi connectivity index (χ4v) is 2.34. The highest BCUT2D eigenvalue weighted by Crippen LogP contribution is 2.21. The summed E-state index contributed by atoms with van der Waals surface area (Å²) in [6.45, 7) is 2.44. The normalized spacial score (nSPS) is 16.0. The fraction of sp³-hybridized carbons (Fsp3) is 0.235. The van der Waals surface area contributed by atoms with Crippen LogP contribution in [0.2, 0.25) is 0 Å². The SMILES string of the molecule is O=C(C(=Cc1ccco1)c1ccccc1)N1CCOCC1. The molecular weight excluding hydrogens is 266 g/mol. The first-order valence-electron chi connectivity index (χ1n) is 7.02. The molecule has 0 aliphatic carbocycles. The Balaban J connectivity index is 1.94. The molecule has 0 N–H and O–H groups in total. The summed E-state index contributed by atoms with van der Waals surface area (Å²) in [5.74, 6) is 0.691. The van der Waals surface area contributed by atoms with Gasteiger partial charge in [-0.1, -0.05) is 30.3 Å². The van der Waals surface area contributed by atoms with E-state index in [-0.39, 0.29) is 5.91 Å². The van der Waals surface area contributed by atoms with Gasteiger partial charge >= 0.3 is 0 Å². The van der Waals surface area contributed by atoms with Gasteiger partial charge in [-0.05, 0) is 23.8 Å². The van der Waals surface area contributed by atoms with Crippen LogP contribution in [-0.4, -0.2) is 37.1 Å². The number of carbonyl (C=O) groups excluding carboxylic acids is 1. The highest BCUT2D eigenvalue weighted by molar-refractivity contribution is 6.24. The molecule has 1 aliphatic rings. The maximum Gasteiger partial charge on any atom is 0.254 e. The van der Waals surface area contributed by atoms with E-state index in [0.29, 0.717) is 37.6 Å². The Kier molecular flexibility index (Phi) is 4.17. The van der Waals surface area contributed by atoms with Crippen LogP contribution in [0.25, 0.3) is 11.6 Å². The van der Waals surface area contributed by atoms with Crippen LogP contribution in [0.1, 0.15) is 11.3 Å². The second-order valence-corrected chi connectivity index (χ2v) is 4.84. The van der Waals surface area contributed by atoms with Crippen molar-refractivity contribution in [2.45, 2.75) is 0 Å². The van der Waals surface area contributed by atoms with Gasteiger partial charge in [-0.25, -0.2) is 0 Å². The van der Waals surface area contributed by atoms with Crippen molar-refractivity contribution in [3.8, 4) is 0 Å². The molecular formula is C17H17NO3. The monoisotopic (exact) mass is 283 g/mol. The minimum atomic E-state index is 0.0147. The Labute approximate surface area is 123 Å². The number of nitrogens with zero attached hydrogens (tertiary/aromatic N) is 1. The number of hydrogen-bond acceptors (Lipinski definition) is 3. The maximum absolute atomic E-state index is 12.8. The topological polar surface area (TPSA) is 42.7 Å². The summed E-state index contributed by atoms with van der Waals surface area (Å²) in [4.78, 5) is 14.6. The van der Waals surface area contributed by atoms with Gasteiger partial charge in [-0.2, -0.15) is 0 Å². The van der Waals surface area contributed by atoms with Crippen LogP contribution in [0.15, 0.2) is 53.1 Å². The third-order valence-corrected chi connectivity index (χ3v) is 3.44. The number of furan rings is 1. The first-order valence-corrected chi connectivity index (χ1v) is 7.02. The number of rotatable bonds is 3. The average molecular weight is 283 g/mol. The number of hydrogen-bond donors (Lipinski definition) is 0. The van der Waals surface area contributed by atoms with E-state index >= 15 is 0 Å². The summed E-state index contributed by atoms with van der Waals surface area (Å²) in [5.41, 5.74) is 1.54. The highest BCUT2D eigenvalue weighted by atomic mass is 16.5. The van der Waals surface area contributed by atoms with Crippen molar-refractivity contribution in [3.63, 3.8) is 0 Å². The molecule has 0 unspecified atom stereocenters. The van der Waals surface area contributed by atoms with E-state index in [1.807, 2.05) is 47.4 Å². The minimum absolute atomic E-state index is 0.0147. The molecule has 21 heavy (non-hydrogen) atoms. The highest BCUT2D eigenvalue weighted by Gasteiger charge is 2.21. The van der Waals surface area contributed by atoms with Crippen molar-refractivity contribution in [3.05, 3.63) is 60.1 Å². The van der Waals surface area contributed by atoms with E-state index in [1.165, 1.54) is 0 Å². The van der Waals surface area contributed by atoms with E-state index in [1.54, 1.807) is 12.3 Å². The van der Waals surface area contributed by atoms with Crippen molar-refractivity contribution < 1.29 is 13.9 Å². The zero-order valence-corrected chi connectivity index (χ0v) is 11.7. The largest absolute Gasteiger partial charge is 0.465 e. The molecule has 0 saturated carbocycles. The Morgan fingerprint density at radius 3 is 2.48 bits per heavy atom. The van der Waals surface area contributed by atoms with Crippen LogP contribution in [0, 0.1) is 0 Å². The van der Waals surface area contributed by atoms with Crippen LogP contribution < -0.4 is 0 Å². The quantitative estimate of drug-likeness (QED) is 0.813. The fourth-order valence-electron chi connectivity index (χ4n) is 2.34. The van der Waals surface area contributed by atoms with Crippen LogP contribution in [0.3, 0.4) is 0 Å². The van der Waals surface area contributed by atoms with E-state index < -0.39 is 0 Å². The predicted octanol–water partition coefficient (Wildman–Crippen LogP) is 2.68. The van der Waals surface area contributed by atoms with Gasteiger partial charge in [0.05, 0.1) is 25.1 Å². The second-order valence-electron chi connectivity index (χ2n) is 4.84. The molecule has 3 rings (SSSR count). The van der Waals surface area contributed by atoms with Crippen molar-refractivity contribution in [1.82, 2.24) is 4.90 Å². The first kappa shape index (κ1) is 13.6. The zero-order chi connectivity index (χ0) is 14.5. The van der Waals surface area contributed by atoms with Crippen LogP contribution in [0.4, 0.5) is 0 Å². The van der Waals surface area contributed by atoms with Gasteiger partial charge in [0.15, 0.2) is 0 Å². The van der Waals surface area contributed by atoms with Gasteiger partial charge in [-0.15, -0.1) is 0 Å². The van der Waals surface area contributed by atoms with Crippen molar-refractivity contribution in [2.24, 2.45) is 0 Å². The molecule has 108 valence electrons. The van der Waals surface area contributed by atoms with Crippen LogP contribution in [-0.2, 0) is 9.53 Å². The van der Waals surface area contributed by atoms with Gasteiger partial charge < -0.3 is 14.1 Å². The third-order valence-electron chi connectivity index (χ3n) is 3.44. The van der Waals surface area contributed by atoms with Gasteiger partial charge in [0.2, 0.25) is 0 Å². The van der Waals surface area contributed by atoms with Crippen molar-refractivity contribution in [1.29, 1.82) is 0 Å². The van der Waals surface area contributed by atoms with Gasteiger partial charge in [0.25, 0.3) is 5.91 Å². The molecule has 1 fully saturated rings. The van der Waals surface area contributed by atoms with Crippen molar-refractivity contribution in [2.75, 3.05) is 26.3 Å². The van der Waals surface area contributed by atoms with Crippen LogP contribution in [0.5, 0.6) is 0 Å². The molecule has 2 heterocycles. The van der Waals surface area contributed by atoms with Crippen LogP contribution >= 0.6 is 0 Å². The molecule has 1 aromatic carbocycles. The third kappa shape index (κ3) is 3.23. The lowest BCUT2D eigenvalue weighted by Crippen LogP contribution is -2.41. The number of amides is 1. The van der Waals surface area contributed by atoms with Gasteiger partial charge in [0, 0.05) is 13.1 Å². The summed E-state index contributed by atoms with van der Waals surface area (Å²) in [5, 5.41) is 0. The number of benzene rings is 1. The summed E-state index contributed by atoms with van der Waals surface area (Å²) >= 11 is 0. The van der Waals surface area contributed by atoms with E-state index in [9.17, 15) is 4.79 Å². The Hall–Kier alpha value is -2.33. The lowest BCUT2D eigenvalue weighted by atomic mass is 10.0. The lowest BCUT2D eigenvalue weighted by Gasteiger charge is -2.27. The molecule has 0 bridgehead atoms. The summed E-state index contributed by atoms with van der Waals surface area (Å²) in [6.07, 6.45) is 3.40. The maximum atomic E-state index is 12.8. The number of ether oxygens (including phenoxy) is 1. The smallest absolute Gasteiger partial charge is 0.254 e. The summed E-state index contributed by atoms with van der Waals surface area (Å²) < 4.78 is 10.7. The Bertz CT molecular complexity index is 611. The zero-order valence-electron chi connectivity index (χ0n) is 11.7. The molecule has 4 nitrogen and oxygen atoms in total. The standard InChI is InChI=1S/C17H17NO3/c19-17(18-8-11-20-12-9-18)16(13-15-7-4-10-21-15)14-5-2-1-3-6-14/h1-7,10,13H,8-9,11-12H2. The average Bonchev–Trinajstić information content (AvgIpc) is 3.07. The Morgan fingerprint density at radius 1 is 1.05 bits per heavy atom. The second kappa shape index (κ2) is 6.41. The molecule has 2 aromatic rings. The van der Waals surface area contributed by atoms with E-state index in [2.05, 4.69) is 0 Å². The van der Waals surface area contributed by atoms with Gasteiger partial charge in [0.1, 0.15) is 5.76 Å².